The number of urea groups is 1. The fourth-order valence-corrected chi connectivity index (χ4v) is 3.94. The molecule has 1 atom stereocenters. The summed E-state index contributed by atoms with van der Waals surface area (Å²) in [7, 11) is 0. The van der Waals surface area contributed by atoms with Crippen LogP contribution in [0.2, 0.25) is 0 Å². The van der Waals surface area contributed by atoms with Gasteiger partial charge in [0, 0.05) is 26.2 Å². The normalized spacial score (nSPS) is 17.1. The Bertz CT molecular complexity index is 1160. The molecule has 1 N–H and O–H groups in total. The van der Waals surface area contributed by atoms with E-state index in [4.69, 9.17) is 14.2 Å². The van der Waals surface area contributed by atoms with E-state index in [0.29, 0.717) is 54.9 Å². The van der Waals surface area contributed by atoms with Crippen molar-refractivity contribution < 1.29 is 23.8 Å². The van der Waals surface area contributed by atoms with Gasteiger partial charge in [-0.2, -0.15) is 0 Å². The molecule has 3 aromatic rings. The quantitative estimate of drug-likeness (QED) is 0.638. The van der Waals surface area contributed by atoms with Gasteiger partial charge in [-0.05, 0) is 36.4 Å². The summed E-state index contributed by atoms with van der Waals surface area (Å²) in [5.41, 5.74) is 0.585. The van der Waals surface area contributed by atoms with Crippen LogP contribution in [0.1, 0.15) is 0 Å². The van der Waals surface area contributed by atoms with Crippen molar-refractivity contribution in [2.45, 2.75) is 6.10 Å². The third-order valence-corrected chi connectivity index (χ3v) is 5.76. The topological polar surface area (TPSA) is 80.3 Å². The van der Waals surface area contributed by atoms with Crippen LogP contribution < -0.4 is 19.5 Å². The molecule has 2 aliphatic heterocycles. The highest BCUT2D eigenvalue weighted by Gasteiger charge is 2.33. The average molecular weight is 460 g/mol. The minimum atomic E-state index is -0.683. The number of benzene rings is 3. The molecule has 0 radical (unpaired) electrons. The highest BCUT2D eigenvalue weighted by atomic mass is 16.6. The molecule has 2 aliphatic rings. The highest BCUT2D eigenvalue weighted by Crippen LogP contribution is 2.32. The number of piperazine rings is 1. The molecule has 3 aromatic carbocycles. The first-order chi connectivity index (χ1) is 16.7. The molecule has 0 spiro atoms. The summed E-state index contributed by atoms with van der Waals surface area (Å²) < 4.78 is 17.4. The highest BCUT2D eigenvalue weighted by molar-refractivity contribution is 5.91. The number of amides is 3. The van der Waals surface area contributed by atoms with E-state index in [-0.39, 0.29) is 18.5 Å². The second kappa shape index (κ2) is 9.74. The Morgan fingerprint density at radius 3 is 2.24 bits per heavy atom. The van der Waals surface area contributed by atoms with Crippen molar-refractivity contribution >= 4 is 17.6 Å². The van der Waals surface area contributed by atoms with Gasteiger partial charge in [-0.1, -0.05) is 42.5 Å². The Morgan fingerprint density at radius 2 is 1.44 bits per heavy atom. The van der Waals surface area contributed by atoms with E-state index in [0.717, 1.165) is 0 Å². The maximum atomic E-state index is 12.9. The number of carbonyl (C=O) groups excluding carboxylic acids is 2. The van der Waals surface area contributed by atoms with Crippen LogP contribution in [0, 0.1) is 0 Å². The number of hydrogen-bond donors (Lipinski definition) is 1. The molecule has 34 heavy (non-hydrogen) atoms. The van der Waals surface area contributed by atoms with Crippen molar-refractivity contribution in [2.24, 2.45) is 0 Å². The lowest BCUT2D eigenvalue weighted by Crippen LogP contribution is -2.55. The summed E-state index contributed by atoms with van der Waals surface area (Å²) in [6.45, 7) is 1.87. The first-order valence-corrected chi connectivity index (χ1v) is 11.2. The van der Waals surface area contributed by atoms with Crippen molar-refractivity contribution in [3.05, 3.63) is 78.9 Å². The van der Waals surface area contributed by atoms with Crippen LogP contribution in [0.25, 0.3) is 0 Å². The lowest BCUT2D eigenvalue weighted by Gasteiger charge is -2.37. The van der Waals surface area contributed by atoms with Crippen LogP contribution in [-0.4, -0.2) is 60.6 Å². The Kier molecular flexibility index (Phi) is 6.20. The van der Waals surface area contributed by atoms with Crippen LogP contribution in [0.15, 0.2) is 78.9 Å². The summed E-state index contributed by atoms with van der Waals surface area (Å²) in [6.07, 6.45) is -0.683. The second-order valence-corrected chi connectivity index (χ2v) is 8.02. The van der Waals surface area contributed by atoms with Crippen LogP contribution in [0.4, 0.5) is 10.5 Å². The molecule has 8 heteroatoms. The van der Waals surface area contributed by atoms with Crippen LogP contribution in [0.3, 0.4) is 0 Å². The fourth-order valence-electron chi connectivity index (χ4n) is 3.94. The molecule has 3 amide bonds. The third-order valence-electron chi connectivity index (χ3n) is 5.76. The smallest absolute Gasteiger partial charge is 0.322 e. The molecule has 8 nitrogen and oxygen atoms in total. The Morgan fingerprint density at radius 1 is 0.794 bits per heavy atom. The third kappa shape index (κ3) is 4.76. The van der Waals surface area contributed by atoms with E-state index in [9.17, 15) is 9.59 Å². The molecule has 1 unspecified atom stereocenters. The van der Waals surface area contributed by atoms with E-state index in [1.54, 1.807) is 21.9 Å². The van der Waals surface area contributed by atoms with Gasteiger partial charge in [0.05, 0.1) is 5.69 Å². The van der Waals surface area contributed by atoms with Gasteiger partial charge < -0.3 is 29.3 Å². The number of hydrogen-bond acceptors (Lipinski definition) is 5. The fraction of sp³-hybridized carbons (Fsp3) is 0.231. The van der Waals surface area contributed by atoms with E-state index < -0.39 is 6.10 Å². The number of anilines is 1. The zero-order valence-electron chi connectivity index (χ0n) is 18.6. The van der Waals surface area contributed by atoms with Crippen molar-refractivity contribution in [1.29, 1.82) is 0 Å². The van der Waals surface area contributed by atoms with Gasteiger partial charge in [-0.3, -0.25) is 4.79 Å². The number of fused-ring (bicyclic) bond motifs is 1. The van der Waals surface area contributed by atoms with Gasteiger partial charge in [0.2, 0.25) is 6.10 Å². The Balaban J connectivity index is 1.16. The van der Waals surface area contributed by atoms with Crippen molar-refractivity contribution in [2.75, 3.05) is 38.1 Å². The summed E-state index contributed by atoms with van der Waals surface area (Å²) in [6, 6.07) is 23.8. The lowest BCUT2D eigenvalue weighted by molar-refractivity contribution is -0.142. The van der Waals surface area contributed by atoms with Crippen molar-refractivity contribution in [1.82, 2.24) is 9.80 Å². The molecule has 1 fully saturated rings. The van der Waals surface area contributed by atoms with Gasteiger partial charge in [0.15, 0.2) is 17.2 Å². The zero-order valence-corrected chi connectivity index (χ0v) is 18.6. The maximum absolute atomic E-state index is 12.9. The van der Waals surface area contributed by atoms with Crippen LogP contribution in [-0.2, 0) is 4.79 Å². The summed E-state index contributed by atoms with van der Waals surface area (Å²) in [5.74, 6) is 2.33. The summed E-state index contributed by atoms with van der Waals surface area (Å²) in [5, 5.41) is 2.93. The molecule has 0 saturated carbocycles. The predicted octanol–water partition coefficient (Wildman–Crippen LogP) is 4.00. The number of carbonyl (C=O) groups is 2. The predicted molar refractivity (Wildman–Crippen MR) is 126 cm³/mol. The molecule has 0 bridgehead atoms. The number of para-hydroxylation sites is 5. The minimum absolute atomic E-state index is 0.129. The second-order valence-electron chi connectivity index (χ2n) is 8.02. The number of rotatable bonds is 4. The molecule has 174 valence electrons. The number of nitrogens with one attached hydrogen (secondary N) is 1. The van der Waals surface area contributed by atoms with E-state index in [1.165, 1.54) is 0 Å². The van der Waals surface area contributed by atoms with E-state index in [1.807, 2.05) is 66.7 Å². The molecule has 5 rings (SSSR count). The molecular formula is C26H25N3O5. The molecule has 2 heterocycles. The van der Waals surface area contributed by atoms with E-state index >= 15 is 0 Å². The SMILES string of the molecule is O=C(Nc1ccccc1Oc1ccccc1)N1CCN(C(=O)C2COc3ccccc3O2)CC1. The first-order valence-electron chi connectivity index (χ1n) is 11.2. The standard InChI is InChI=1S/C26H25N3O5/c30-25(24-18-32-22-12-6-7-13-23(22)34-24)28-14-16-29(17-15-28)26(31)27-20-10-4-5-11-21(20)33-19-8-2-1-3-9-19/h1-13,24H,14-18H2,(H,27,31). The largest absolute Gasteiger partial charge is 0.485 e. The molecular weight excluding hydrogens is 434 g/mol. The molecule has 0 aromatic heterocycles. The Labute approximate surface area is 197 Å². The van der Waals surface area contributed by atoms with Gasteiger partial charge in [0.1, 0.15) is 12.4 Å². The van der Waals surface area contributed by atoms with Gasteiger partial charge in [-0.15, -0.1) is 0 Å². The number of ether oxygens (including phenoxy) is 3. The van der Waals surface area contributed by atoms with E-state index in [2.05, 4.69) is 5.32 Å². The van der Waals surface area contributed by atoms with Gasteiger partial charge >= 0.3 is 6.03 Å². The van der Waals surface area contributed by atoms with Gasteiger partial charge in [0.25, 0.3) is 5.91 Å². The Hall–Kier alpha value is -4.20. The summed E-state index contributed by atoms with van der Waals surface area (Å²) in [4.78, 5) is 29.2. The summed E-state index contributed by atoms with van der Waals surface area (Å²) >= 11 is 0. The molecule has 1 saturated heterocycles. The zero-order chi connectivity index (χ0) is 23.3. The monoisotopic (exact) mass is 459 g/mol. The van der Waals surface area contributed by atoms with Crippen molar-refractivity contribution in [3.63, 3.8) is 0 Å². The van der Waals surface area contributed by atoms with Crippen LogP contribution >= 0.6 is 0 Å². The van der Waals surface area contributed by atoms with Gasteiger partial charge in [-0.25, -0.2) is 4.79 Å². The lowest BCUT2D eigenvalue weighted by atomic mass is 10.2. The average Bonchev–Trinajstić information content (AvgIpc) is 2.90. The number of nitrogens with zero attached hydrogens (tertiary/aromatic N) is 2. The maximum Gasteiger partial charge on any atom is 0.322 e. The molecule has 0 aliphatic carbocycles. The van der Waals surface area contributed by atoms with Crippen molar-refractivity contribution in [3.8, 4) is 23.0 Å². The van der Waals surface area contributed by atoms with Crippen LogP contribution in [0.5, 0.6) is 23.0 Å². The first kappa shape index (κ1) is 21.6. The minimum Gasteiger partial charge on any atom is -0.485 e.